The molecule has 0 bridgehead atoms. The molecule has 0 aromatic heterocycles. The molecule has 0 fully saturated rings. The summed E-state index contributed by atoms with van der Waals surface area (Å²) in [5, 5.41) is 2.30. The Morgan fingerprint density at radius 3 is 2.36 bits per heavy atom. The molecule has 0 aliphatic rings. The van der Waals surface area contributed by atoms with Crippen molar-refractivity contribution in [3.63, 3.8) is 0 Å². The first-order chi connectivity index (χ1) is 13.7. The molecule has 0 aliphatic carbocycles. The Balaban J connectivity index is 2.17. The van der Waals surface area contributed by atoms with E-state index >= 15 is 0 Å². The van der Waals surface area contributed by atoms with Crippen LogP contribution >= 0.6 is 11.6 Å². The number of fused-ring (bicyclic) bond motifs is 1. The lowest BCUT2D eigenvalue weighted by atomic mass is 10.0. The molecule has 2 aromatic carbocycles. The number of unbranched alkanes of at least 4 members (excludes halogenated alkanes) is 4. The van der Waals surface area contributed by atoms with E-state index in [1.807, 2.05) is 0 Å². The van der Waals surface area contributed by atoms with Crippen molar-refractivity contribution in [2.75, 3.05) is 19.1 Å². The van der Waals surface area contributed by atoms with E-state index in [2.05, 4.69) is 51.1 Å². The predicted molar refractivity (Wildman–Crippen MR) is 122 cm³/mol. The third-order valence-corrected chi connectivity index (χ3v) is 5.70. The number of halogens is 1. The molecule has 28 heavy (non-hydrogen) atoms. The van der Waals surface area contributed by atoms with Crippen molar-refractivity contribution in [3.05, 3.63) is 35.9 Å². The zero-order chi connectivity index (χ0) is 20.2. The number of alkyl halides is 1. The number of benzene rings is 2. The monoisotopic (exact) mass is 404 g/mol. The number of ether oxygens (including phenoxy) is 2. The van der Waals surface area contributed by atoms with E-state index in [-0.39, 0.29) is 0 Å². The van der Waals surface area contributed by atoms with E-state index in [1.165, 1.54) is 31.2 Å². The predicted octanol–water partition coefficient (Wildman–Crippen LogP) is 7.79. The van der Waals surface area contributed by atoms with Crippen molar-refractivity contribution in [1.82, 2.24) is 0 Å². The van der Waals surface area contributed by atoms with Crippen molar-refractivity contribution >= 4 is 22.4 Å². The van der Waals surface area contributed by atoms with E-state index in [0.29, 0.717) is 18.4 Å². The van der Waals surface area contributed by atoms with Crippen LogP contribution in [-0.4, -0.2) is 19.1 Å². The molecule has 0 heterocycles. The van der Waals surface area contributed by atoms with Crippen molar-refractivity contribution in [3.8, 4) is 11.5 Å². The zero-order valence-corrected chi connectivity index (χ0v) is 18.7. The van der Waals surface area contributed by atoms with E-state index in [4.69, 9.17) is 21.1 Å². The summed E-state index contributed by atoms with van der Waals surface area (Å²) in [5.74, 6) is 3.19. The Morgan fingerprint density at radius 2 is 1.68 bits per heavy atom. The Morgan fingerprint density at radius 1 is 0.929 bits per heavy atom. The summed E-state index contributed by atoms with van der Waals surface area (Å²) in [6.45, 7) is 8.14. The fourth-order valence-electron chi connectivity index (χ4n) is 3.57. The second-order valence-corrected chi connectivity index (χ2v) is 7.97. The van der Waals surface area contributed by atoms with Crippen molar-refractivity contribution < 1.29 is 9.47 Å². The molecule has 2 aromatic rings. The standard InChI is InChI=1S/C25H37ClO2/c1-4-7-8-9-12-17-27-25-21(6-3)18-24(22-13-10-11-14-23(22)25)28-19-20(5-2)15-16-26/h10-11,13-14,18,20H,4-9,12,15-17,19H2,1-3H3. The molecular weight excluding hydrogens is 368 g/mol. The Labute approximate surface area is 176 Å². The molecule has 0 saturated heterocycles. The molecule has 1 unspecified atom stereocenters. The van der Waals surface area contributed by atoms with Crippen LogP contribution in [0.4, 0.5) is 0 Å². The molecule has 0 radical (unpaired) electrons. The Kier molecular flexibility index (Phi) is 10.6. The number of rotatable bonds is 14. The normalized spacial score (nSPS) is 12.3. The van der Waals surface area contributed by atoms with Gasteiger partial charge in [-0.1, -0.05) is 77.1 Å². The molecular formula is C25H37ClO2. The highest BCUT2D eigenvalue weighted by Crippen LogP contribution is 2.37. The number of hydrogen-bond acceptors (Lipinski definition) is 2. The molecule has 2 rings (SSSR count). The molecule has 3 heteroatoms. The van der Waals surface area contributed by atoms with Gasteiger partial charge in [0.05, 0.1) is 13.2 Å². The lowest BCUT2D eigenvalue weighted by Crippen LogP contribution is -2.12. The van der Waals surface area contributed by atoms with Crippen LogP contribution in [0.5, 0.6) is 11.5 Å². The van der Waals surface area contributed by atoms with Crippen molar-refractivity contribution in [1.29, 1.82) is 0 Å². The summed E-state index contributed by atoms with van der Waals surface area (Å²) in [6.07, 6.45) is 9.27. The van der Waals surface area contributed by atoms with Crippen molar-refractivity contribution in [2.45, 2.75) is 72.1 Å². The van der Waals surface area contributed by atoms with Gasteiger partial charge in [-0.15, -0.1) is 11.6 Å². The van der Waals surface area contributed by atoms with Gasteiger partial charge in [0.1, 0.15) is 11.5 Å². The molecule has 0 spiro atoms. The van der Waals surface area contributed by atoms with Crippen LogP contribution in [-0.2, 0) is 6.42 Å². The average Bonchev–Trinajstić information content (AvgIpc) is 2.73. The zero-order valence-electron chi connectivity index (χ0n) is 17.9. The second kappa shape index (κ2) is 12.9. The highest BCUT2D eigenvalue weighted by atomic mass is 35.5. The molecule has 156 valence electrons. The Hall–Kier alpha value is -1.41. The SMILES string of the molecule is CCCCCCCOc1c(CC)cc(OCC(CC)CCCl)c2ccccc12. The quantitative estimate of drug-likeness (QED) is 0.236. The summed E-state index contributed by atoms with van der Waals surface area (Å²) in [5.41, 5.74) is 1.23. The minimum Gasteiger partial charge on any atom is -0.493 e. The first kappa shape index (κ1) is 22.9. The molecule has 1 atom stereocenters. The van der Waals surface area contributed by atoms with Gasteiger partial charge in [0, 0.05) is 16.7 Å². The van der Waals surface area contributed by atoms with Crippen molar-refractivity contribution in [2.24, 2.45) is 5.92 Å². The van der Waals surface area contributed by atoms with Crippen LogP contribution in [0.2, 0.25) is 0 Å². The minimum absolute atomic E-state index is 0.500. The first-order valence-corrected chi connectivity index (χ1v) is 11.6. The summed E-state index contributed by atoms with van der Waals surface area (Å²) in [7, 11) is 0. The average molecular weight is 405 g/mol. The van der Waals surface area contributed by atoms with E-state index < -0.39 is 0 Å². The van der Waals surface area contributed by atoms with Gasteiger partial charge < -0.3 is 9.47 Å². The molecule has 0 amide bonds. The van der Waals surface area contributed by atoms with Crippen LogP contribution < -0.4 is 9.47 Å². The highest BCUT2D eigenvalue weighted by molar-refractivity contribution is 6.17. The lowest BCUT2D eigenvalue weighted by molar-refractivity contribution is 0.243. The molecule has 0 saturated carbocycles. The third-order valence-electron chi connectivity index (χ3n) is 5.48. The van der Waals surface area contributed by atoms with Gasteiger partial charge >= 0.3 is 0 Å². The van der Waals surface area contributed by atoms with Crippen LogP contribution in [0.15, 0.2) is 30.3 Å². The topological polar surface area (TPSA) is 18.5 Å². The molecule has 0 N–H and O–H groups in total. The summed E-state index contributed by atoms with van der Waals surface area (Å²) in [6, 6.07) is 10.6. The van der Waals surface area contributed by atoms with Crippen LogP contribution in [0.3, 0.4) is 0 Å². The van der Waals surface area contributed by atoms with Gasteiger partial charge in [-0.3, -0.25) is 0 Å². The minimum atomic E-state index is 0.500. The fraction of sp³-hybridized carbons (Fsp3) is 0.600. The first-order valence-electron chi connectivity index (χ1n) is 11.1. The van der Waals surface area contributed by atoms with E-state index in [1.54, 1.807) is 0 Å². The van der Waals surface area contributed by atoms with Gasteiger partial charge in [0.2, 0.25) is 0 Å². The van der Waals surface area contributed by atoms with E-state index in [0.717, 1.165) is 54.6 Å². The largest absolute Gasteiger partial charge is 0.493 e. The second-order valence-electron chi connectivity index (χ2n) is 7.59. The van der Waals surface area contributed by atoms with Crippen LogP contribution in [0.25, 0.3) is 10.8 Å². The maximum atomic E-state index is 6.29. The van der Waals surface area contributed by atoms with Gasteiger partial charge in [-0.25, -0.2) is 0 Å². The van der Waals surface area contributed by atoms with Gasteiger partial charge in [0.25, 0.3) is 0 Å². The van der Waals surface area contributed by atoms with Gasteiger partial charge in [-0.05, 0) is 36.8 Å². The smallest absolute Gasteiger partial charge is 0.130 e. The summed E-state index contributed by atoms with van der Waals surface area (Å²) >= 11 is 5.94. The number of aryl methyl sites for hydroxylation is 1. The van der Waals surface area contributed by atoms with E-state index in [9.17, 15) is 0 Å². The maximum Gasteiger partial charge on any atom is 0.130 e. The van der Waals surface area contributed by atoms with Gasteiger partial charge in [-0.2, -0.15) is 0 Å². The summed E-state index contributed by atoms with van der Waals surface area (Å²) < 4.78 is 12.6. The number of hydrogen-bond donors (Lipinski definition) is 0. The van der Waals surface area contributed by atoms with Gasteiger partial charge in [0.15, 0.2) is 0 Å². The van der Waals surface area contributed by atoms with Crippen LogP contribution in [0.1, 0.15) is 71.3 Å². The lowest BCUT2D eigenvalue weighted by Gasteiger charge is -2.19. The molecule has 2 nitrogen and oxygen atoms in total. The third kappa shape index (κ3) is 6.58. The Bertz CT molecular complexity index is 698. The fourth-order valence-corrected chi connectivity index (χ4v) is 3.88. The summed E-state index contributed by atoms with van der Waals surface area (Å²) in [4.78, 5) is 0. The highest BCUT2D eigenvalue weighted by Gasteiger charge is 2.15. The van der Waals surface area contributed by atoms with Crippen LogP contribution in [0, 0.1) is 5.92 Å². The molecule has 0 aliphatic heterocycles. The maximum absolute atomic E-state index is 6.29.